The van der Waals surface area contributed by atoms with E-state index in [0.29, 0.717) is 13.2 Å². The van der Waals surface area contributed by atoms with Crippen LogP contribution in [0.3, 0.4) is 0 Å². The fourth-order valence-corrected chi connectivity index (χ4v) is 6.67. The average molecular weight is 381 g/mol. The Kier molecular flexibility index (Phi) is 8.77. The molecule has 26 heavy (non-hydrogen) atoms. The molecular formula is C21H36O4Si. The Morgan fingerprint density at radius 3 is 2.31 bits per heavy atom. The van der Waals surface area contributed by atoms with Crippen molar-refractivity contribution in [2.45, 2.75) is 77.2 Å². The fraction of sp³-hybridized carbons (Fsp3) is 0.714. The Morgan fingerprint density at radius 2 is 1.77 bits per heavy atom. The van der Waals surface area contributed by atoms with Crippen molar-refractivity contribution in [2.24, 2.45) is 5.92 Å². The molecule has 4 atom stereocenters. The Labute approximate surface area is 160 Å². The molecule has 1 aliphatic rings. The van der Waals surface area contributed by atoms with E-state index in [0.717, 1.165) is 24.6 Å². The summed E-state index contributed by atoms with van der Waals surface area (Å²) >= 11 is 0. The zero-order valence-corrected chi connectivity index (χ0v) is 17.8. The first-order chi connectivity index (χ1) is 12.6. The lowest BCUT2D eigenvalue weighted by molar-refractivity contribution is 0.0495. The fourth-order valence-electron chi connectivity index (χ4n) is 3.69. The first-order valence-electron chi connectivity index (χ1n) is 10.1. The monoisotopic (exact) mass is 380 g/mol. The van der Waals surface area contributed by atoms with Crippen LogP contribution in [0.1, 0.15) is 39.7 Å². The predicted octanol–water partition coefficient (Wildman–Crippen LogP) is 4.38. The molecule has 0 unspecified atom stereocenters. The minimum atomic E-state index is -1.69. The second kappa shape index (κ2) is 10.6. The van der Waals surface area contributed by atoms with Gasteiger partial charge in [0.1, 0.15) is 6.10 Å². The van der Waals surface area contributed by atoms with Gasteiger partial charge in [-0.25, -0.2) is 0 Å². The zero-order valence-electron chi connectivity index (χ0n) is 16.8. The van der Waals surface area contributed by atoms with Crippen molar-refractivity contribution >= 4 is 8.32 Å². The lowest BCUT2D eigenvalue weighted by Crippen LogP contribution is -2.43. The third-order valence-corrected chi connectivity index (χ3v) is 10.6. The third kappa shape index (κ3) is 5.89. The lowest BCUT2D eigenvalue weighted by atomic mass is 9.97. The van der Waals surface area contributed by atoms with Crippen molar-refractivity contribution < 1.29 is 19.0 Å². The molecule has 0 aliphatic carbocycles. The summed E-state index contributed by atoms with van der Waals surface area (Å²) in [6.45, 7) is 10.4. The number of hydrogen-bond acceptors (Lipinski definition) is 4. The first kappa shape index (κ1) is 21.6. The molecule has 1 aliphatic heterocycles. The van der Waals surface area contributed by atoms with Crippen LogP contribution in [0, 0.1) is 5.92 Å². The molecule has 0 saturated carbocycles. The molecule has 1 aromatic rings. The van der Waals surface area contributed by atoms with Gasteiger partial charge in [-0.15, -0.1) is 0 Å². The molecule has 1 heterocycles. The summed E-state index contributed by atoms with van der Waals surface area (Å²) in [6, 6.07) is 13.7. The average Bonchev–Trinajstić information content (AvgIpc) is 3.48. The van der Waals surface area contributed by atoms with E-state index in [1.165, 1.54) is 5.56 Å². The van der Waals surface area contributed by atoms with E-state index < -0.39 is 8.32 Å². The van der Waals surface area contributed by atoms with E-state index in [2.05, 4.69) is 39.8 Å². The first-order valence-corrected chi connectivity index (χ1v) is 12.7. The normalized spacial score (nSPS) is 22.2. The van der Waals surface area contributed by atoms with E-state index in [1.54, 1.807) is 0 Å². The van der Waals surface area contributed by atoms with E-state index in [1.807, 2.05) is 18.2 Å². The van der Waals surface area contributed by atoms with Crippen LogP contribution in [0.25, 0.3) is 0 Å². The number of aliphatic hydroxyl groups is 1. The largest absolute Gasteiger partial charge is 0.413 e. The second-order valence-electron chi connectivity index (χ2n) is 7.41. The van der Waals surface area contributed by atoms with Crippen molar-refractivity contribution in [2.75, 3.05) is 13.2 Å². The summed E-state index contributed by atoms with van der Waals surface area (Å²) in [7, 11) is -1.69. The number of epoxide rings is 1. The molecular weight excluding hydrogens is 344 g/mol. The maximum Gasteiger partial charge on any atom is 0.192 e. The van der Waals surface area contributed by atoms with Crippen LogP contribution in [0.2, 0.25) is 18.1 Å². The van der Waals surface area contributed by atoms with Crippen LogP contribution in [-0.4, -0.2) is 44.9 Å². The van der Waals surface area contributed by atoms with Crippen molar-refractivity contribution in [3.05, 3.63) is 35.9 Å². The van der Waals surface area contributed by atoms with Crippen LogP contribution < -0.4 is 0 Å². The molecule has 0 aromatic heterocycles. The van der Waals surface area contributed by atoms with E-state index in [9.17, 15) is 5.11 Å². The van der Waals surface area contributed by atoms with E-state index >= 15 is 0 Å². The van der Waals surface area contributed by atoms with Crippen LogP contribution in [-0.2, 0) is 20.5 Å². The number of aliphatic hydroxyl groups excluding tert-OH is 1. The Balaban J connectivity index is 1.91. The SMILES string of the molecule is CC[Si](CC)(CC)O[C@H](CCOCc1ccccc1)[C@H](C)[C@@H]1O[C@H]1CO. The Hall–Kier alpha value is -0.723. The molecule has 2 rings (SSSR count). The van der Waals surface area contributed by atoms with Crippen molar-refractivity contribution in [3.63, 3.8) is 0 Å². The van der Waals surface area contributed by atoms with Gasteiger partial charge in [0.05, 0.1) is 25.4 Å². The van der Waals surface area contributed by atoms with Gasteiger partial charge in [-0.3, -0.25) is 0 Å². The van der Waals surface area contributed by atoms with Crippen LogP contribution in [0.4, 0.5) is 0 Å². The van der Waals surface area contributed by atoms with Gasteiger partial charge in [0, 0.05) is 12.5 Å². The van der Waals surface area contributed by atoms with E-state index in [-0.39, 0.29) is 30.8 Å². The quantitative estimate of drug-likeness (QED) is 0.313. The topological polar surface area (TPSA) is 51.2 Å². The molecule has 0 radical (unpaired) electrons. The number of rotatable bonds is 13. The van der Waals surface area contributed by atoms with Crippen molar-refractivity contribution in [1.82, 2.24) is 0 Å². The Morgan fingerprint density at radius 1 is 1.12 bits per heavy atom. The standard InChI is InChI=1S/C21H36O4Si/c1-5-26(6-2,7-3)25-19(17(4)21-20(15-22)24-21)13-14-23-16-18-11-9-8-10-12-18/h8-12,17,19-22H,5-7,13-16H2,1-4H3/t17-,19+,20-,21-/m0/s1. The van der Waals surface area contributed by atoms with Gasteiger partial charge in [0.2, 0.25) is 0 Å². The highest BCUT2D eigenvalue weighted by molar-refractivity contribution is 6.73. The van der Waals surface area contributed by atoms with E-state index in [4.69, 9.17) is 13.9 Å². The highest BCUT2D eigenvalue weighted by Gasteiger charge is 2.46. The summed E-state index contributed by atoms with van der Waals surface area (Å²) in [5.74, 6) is 0.281. The zero-order chi connectivity index (χ0) is 19.0. The molecule has 1 N–H and O–H groups in total. The molecule has 1 saturated heterocycles. The molecule has 1 aromatic carbocycles. The summed E-state index contributed by atoms with van der Waals surface area (Å²) in [4.78, 5) is 0. The number of hydrogen-bond donors (Lipinski definition) is 1. The Bertz CT molecular complexity index is 498. The minimum absolute atomic E-state index is 0.0118. The predicted molar refractivity (Wildman–Crippen MR) is 108 cm³/mol. The molecule has 5 heteroatoms. The summed E-state index contributed by atoms with van der Waals surface area (Å²) in [5.41, 5.74) is 1.20. The summed E-state index contributed by atoms with van der Waals surface area (Å²) < 4.78 is 18.4. The molecule has 4 nitrogen and oxygen atoms in total. The highest BCUT2D eigenvalue weighted by Crippen LogP contribution is 2.36. The number of ether oxygens (including phenoxy) is 2. The van der Waals surface area contributed by atoms with Gasteiger partial charge in [-0.1, -0.05) is 58.0 Å². The molecule has 0 spiro atoms. The molecule has 0 amide bonds. The maximum atomic E-state index is 9.34. The lowest BCUT2D eigenvalue weighted by Gasteiger charge is -2.36. The van der Waals surface area contributed by atoms with Gasteiger partial charge in [0.15, 0.2) is 8.32 Å². The summed E-state index contributed by atoms with van der Waals surface area (Å²) in [5, 5.41) is 9.34. The molecule has 1 fully saturated rings. The summed E-state index contributed by atoms with van der Waals surface area (Å²) in [6.07, 6.45) is 1.12. The van der Waals surface area contributed by atoms with Crippen LogP contribution in [0.15, 0.2) is 30.3 Å². The molecule has 0 bridgehead atoms. The second-order valence-corrected chi connectivity index (χ2v) is 12.1. The maximum absolute atomic E-state index is 9.34. The van der Waals surface area contributed by atoms with Gasteiger partial charge in [-0.05, 0) is 30.1 Å². The highest BCUT2D eigenvalue weighted by atomic mass is 28.4. The minimum Gasteiger partial charge on any atom is -0.413 e. The number of benzene rings is 1. The van der Waals surface area contributed by atoms with Gasteiger partial charge in [-0.2, -0.15) is 0 Å². The third-order valence-electron chi connectivity index (χ3n) is 5.90. The van der Waals surface area contributed by atoms with Gasteiger partial charge < -0.3 is 19.0 Å². The van der Waals surface area contributed by atoms with Crippen LogP contribution >= 0.6 is 0 Å². The van der Waals surface area contributed by atoms with Crippen molar-refractivity contribution in [1.29, 1.82) is 0 Å². The van der Waals surface area contributed by atoms with Crippen LogP contribution in [0.5, 0.6) is 0 Å². The molecule has 148 valence electrons. The smallest absolute Gasteiger partial charge is 0.192 e. The van der Waals surface area contributed by atoms with Crippen molar-refractivity contribution in [3.8, 4) is 0 Å². The van der Waals surface area contributed by atoms with Gasteiger partial charge in [0.25, 0.3) is 0 Å². The van der Waals surface area contributed by atoms with Gasteiger partial charge >= 0.3 is 0 Å².